The summed E-state index contributed by atoms with van der Waals surface area (Å²) in [6, 6.07) is 2.05. The van der Waals surface area contributed by atoms with E-state index in [9.17, 15) is 4.79 Å². The number of nitrogens with zero attached hydrogens (tertiary/aromatic N) is 1. The smallest absolute Gasteiger partial charge is 0.222 e. The first-order chi connectivity index (χ1) is 7.09. The van der Waals surface area contributed by atoms with Crippen LogP contribution in [0, 0.1) is 11.3 Å². The van der Waals surface area contributed by atoms with E-state index in [-0.39, 0.29) is 17.5 Å². The summed E-state index contributed by atoms with van der Waals surface area (Å²) in [5.41, 5.74) is 5.70. The van der Waals surface area contributed by atoms with Crippen LogP contribution in [0.15, 0.2) is 0 Å². The Balaban J connectivity index is 2.31. The van der Waals surface area contributed by atoms with Crippen molar-refractivity contribution in [2.45, 2.75) is 57.0 Å². The van der Waals surface area contributed by atoms with Crippen molar-refractivity contribution in [3.63, 3.8) is 0 Å². The average Bonchev–Trinajstić information content (AvgIpc) is 2.14. The van der Waals surface area contributed by atoms with Crippen LogP contribution in [0.25, 0.3) is 0 Å². The van der Waals surface area contributed by atoms with E-state index < -0.39 is 0 Å². The van der Waals surface area contributed by atoms with Gasteiger partial charge in [0.2, 0.25) is 5.91 Å². The highest BCUT2D eigenvalue weighted by atomic mass is 16.1. The molecule has 3 N–H and O–H groups in total. The van der Waals surface area contributed by atoms with Crippen molar-refractivity contribution in [1.82, 2.24) is 5.32 Å². The summed E-state index contributed by atoms with van der Waals surface area (Å²) in [5, 5.41) is 11.4. The van der Waals surface area contributed by atoms with Crippen LogP contribution in [0.5, 0.6) is 0 Å². The minimum Gasteiger partial charge on any atom is -0.352 e. The van der Waals surface area contributed by atoms with Gasteiger partial charge < -0.3 is 11.1 Å². The summed E-state index contributed by atoms with van der Waals surface area (Å²) in [7, 11) is 0. The molecule has 0 aromatic heterocycles. The molecule has 0 aromatic rings. The van der Waals surface area contributed by atoms with E-state index in [4.69, 9.17) is 11.0 Å². The number of hydrogen-bond acceptors (Lipinski definition) is 3. The van der Waals surface area contributed by atoms with Crippen molar-refractivity contribution in [2.24, 2.45) is 5.73 Å². The zero-order valence-corrected chi connectivity index (χ0v) is 9.25. The Hall–Kier alpha value is -1.08. The third kappa shape index (κ3) is 3.52. The lowest BCUT2D eigenvalue weighted by molar-refractivity contribution is -0.123. The molecule has 0 spiro atoms. The highest BCUT2D eigenvalue weighted by molar-refractivity contribution is 5.77. The molecule has 4 heteroatoms. The molecular formula is C11H19N3O. The second kappa shape index (κ2) is 5.13. The maximum Gasteiger partial charge on any atom is 0.222 e. The minimum absolute atomic E-state index is 0.0145. The van der Waals surface area contributed by atoms with Crippen molar-refractivity contribution < 1.29 is 4.79 Å². The summed E-state index contributed by atoms with van der Waals surface area (Å²) in [6.45, 7) is 1.96. The monoisotopic (exact) mass is 209 g/mol. The SMILES string of the molecule is CCC(CC#N)NC(=O)CC1(N)CCC1. The number of hydrogen-bond donors (Lipinski definition) is 2. The summed E-state index contributed by atoms with van der Waals surface area (Å²) in [5.74, 6) is -0.0145. The van der Waals surface area contributed by atoms with Crippen molar-refractivity contribution in [3.8, 4) is 6.07 Å². The molecular weight excluding hydrogens is 190 g/mol. The van der Waals surface area contributed by atoms with Crippen LogP contribution in [-0.2, 0) is 4.79 Å². The number of carbonyl (C=O) groups is 1. The molecule has 15 heavy (non-hydrogen) atoms. The zero-order valence-electron chi connectivity index (χ0n) is 9.25. The molecule has 0 aromatic carbocycles. The van der Waals surface area contributed by atoms with Crippen LogP contribution in [-0.4, -0.2) is 17.5 Å². The van der Waals surface area contributed by atoms with Gasteiger partial charge in [-0.3, -0.25) is 4.79 Å². The van der Waals surface area contributed by atoms with E-state index in [1.165, 1.54) is 0 Å². The summed E-state index contributed by atoms with van der Waals surface area (Å²) in [6.07, 6.45) is 4.57. The first-order valence-electron chi connectivity index (χ1n) is 5.55. The second-order valence-corrected chi connectivity index (χ2v) is 4.43. The molecule has 0 aliphatic heterocycles. The molecule has 1 amide bonds. The van der Waals surface area contributed by atoms with E-state index in [0.29, 0.717) is 12.8 Å². The molecule has 4 nitrogen and oxygen atoms in total. The molecule has 1 saturated carbocycles. The summed E-state index contributed by atoms with van der Waals surface area (Å²) < 4.78 is 0. The molecule has 1 rings (SSSR count). The van der Waals surface area contributed by atoms with Crippen molar-refractivity contribution in [3.05, 3.63) is 0 Å². The van der Waals surface area contributed by atoms with Gasteiger partial charge in [-0.2, -0.15) is 5.26 Å². The van der Waals surface area contributed by atoms with Gasteiger partial charge in [-0.15, -0.1) is 0 Å². The summed E-state index contributed by atoms with van der Waals surface area (Å²) in [4.78, 5) is 11.6. The maximum atomic E-state index is 11.6. The van der Waals surface area contributed by atoms with E-state index in [2.05, 4.69) is 11.4 Å². The third-order valence-corrected chi connectivity index (χ3v) is 3.06. The first-order valence-corrected chi connectivity index (χ1v) is 5.55. The van der Waals surface area contributed by atoms with E-state index in [0.717, 1.165) is 25.7 Å². The van der Waals surface area contributed by atoms with Gasteiger partial charge in [0.05, 0.1) is 12.5 Å². The molecule has 0 saturated heterocycles. The predicted molar refractivity (Wildman–Crippen MR) is 57.8 cm³/mol. The lowest BCUT2D eigenvalue weighted by Gasteiger charge is -2.37. The highest BCUT2D eigenvalue weighted by Gasteiger charge is 2.34. The number of nitrogens with one attached hydrogen (secondary N) is 1. The highest BCUT2D eigenvalue weighted by Crippen LogP contribution is 2.31. The number of amides is 1. The van der Waals surface area contributed by atoms with Gasteiger partial charge in [0.15, 0.2) is 0 Å². The Morgan fingerprint density at radius 1 is 1.67 bits per heavy atom. The molecule has 1 unspecified atom stereocenters. The van der Waals surface area contributed by atoms with Crippen LogP contribution >= 0.6 is 0 Å². The van der Waals surface area contributed by atoms with Gasteiger partial charge in [0.1, 0.15) is 0 Å². The Bertz CT molecular complexity index is 265. The Morgan fingerprint density at radius 2 is 2.33 bits per heavy atom. The predicted octanol–water partition coefficient (Wildman–Crippen LogP) is 1.07. The van der Waals surface area contributed by atoms with E-state index in [1.807, 2.05) is 6.92 Å². The molecule has 1 aliphatic carbocycles. The largest absolute Gasteiger partial charge is 0.352 e. The number of rotatable bonds is 5. The molecule has 1 atom stereocenters. The van der Waals surface area contributed by atoms with Gasteiger partial charge >= 0.3 is 0 Å². The zero-order chi connectivity index (χ0) is 11.3. The van der Waals surface area contributed by atoms with Crippen LogP contribution in [0.3, 0.4) is 0 Å². The van der Waals surface area contributed by atoms with Gasteiger partial charge in [0.25, 0.3) is 0 Å². The quantitative estimate of drug-likeness (QED) is 0.710. The van der Waals surface area contributed by atoms with Crippen LogP contribution in [0.2, 0.25) is 0 Å². The van der Waals surface area contributed by atoms with Crippen molar-refractivity contribution >= 4 is 5.91 Å². The maximum absolute atomic E-state index is 11.6. The molecule has 0 radical (unpaired) electrons. The standard InChI is InChI=1S/C11H19N3O/c1-2-9(4-7-12)14-10(15)8-11(13)5-3-6-11/h9H,2-6,8,13H2,1H3,(H,14,15). The third-order valence-electron chi connectivity index (χ3n) is 3.06. The van der Waals surface area contributed by atoms with Gasteiger partial charge in [-0.1, -0.05) is 6.92 Å². The molecule has 1 fully saturated rings. The first kappa shape index (κ1) is 12.0. The second-order valence-electron chi connectivity index (χ2n) is 4.43. The molecule has 0 heterocycles. The number of nitriles is 1. The van der Waals surface area contributed by atoms with E-state index in [1.54, 1.807) is 0 Å². The normalized spacial score (nSPS) is 19.8. The van der Waals surface area contributed by atoms with Gasteiger partial charge in [-0.25, -0.2) is 0 Å². The Kier molecular flexibility index (Phi) is 4.10. The minimum atomic E-state index is -0.269. The Morgan fingerprint density at radius 3 is 2.73 bits per heavy atom. The van der Waals surface area contributed by atoms with E-state index >= 15 is 0 Å². The van der Waals surface area contributed by atoms with Crippen LogP contribution in [0.4, 0.5) is 0 Å². The van der Waals surface area contributed by atoms with Gasteiger partial charge in [-0.05, 0) is 25.7 Å². The molecule has 0 bridgehead atoms. The fraction of sp³-hybridized carbons (Fsp3) is 0.818. The van der Waals surface area contributed by atoms with Gasteiger partial charge in [0, 0.05) is 18.0 Å². The average molecular weight is 209 g/mol. The van der Waals surface area contributed by atoms with Crippen LogP contribution < -0.4 is 11.1 Å². The topological polar surface area (TPSA) is 78.9 Å². The van der Waals surface area contributed by atoms with Crippen LogP contribution in [0.1, 0.15) is 45.4 Å². The summed E-state index contributed by atoms with van der Waals surface area (Å²) >= 11 is 0. The lowest BCUT2D eigenvalue weighted by Crippen LogP contribution is -2.51. The number of carbonyl (C=O) groups excluding carboxylic acids is 1. The van der Waals surface area contributed by atoms with Crippen molar-refractivity contribution in [1.29, 1.82) is 5.26 Å². The molecule has 1 aliphatic rings. The Labute approximate surface area is 90.8 Å². The fourth-order valence-electron chi connectivity index (χ4n) is 1.81. The fourth-order valence-corrected chi connectivity index (χ4v) is 1.81. The lowest BCUT2D eigenvalue weighted by atomic mass is 9.75. The van der Waals surface area contributed by atoms with Crippen molar-refractivity contribution in [2.75, 3.05) is 0 Å². The number of nitrogens with two attached hydrogens (primary N) is 1. The molecule has 84 valence electrons.